The number of rotatable bonds is 5. The van der Waals surface area contributed by atoms with Crippen molar-refractivity contribution in [2.45, 2.75) is 38.5 Å². The molecule has 2 fully saturated rings. The van der Waals surface area contributed by atoms with Gasteiger partial charge in [-0.15, -0.1) is 0 Å². The van der Waals surface area contributed by atoms with E-state index in [1.54, 1.807) is 11.6 Å². The first-order valence-corrected chi connectivity index (χ1v) is 11.1. The lowest BCUT2D eigenvalue weighted by molar-refractivity contribution is -0.105. The third kappa shape index (κ3) is 4.65. The molecule has 3 rings (SSSR count). The maximum Gasteiger partial charge on any atom is 0.363 e. The van der Waals surface area contributed by atoms with Crippen molar-refractivity contribution in [2.24, 2.45) is 0 Å². The second kappa shape index (κ2) is 8.37. The SMILES string of the molecule is Cc1cn([C@H]2CCC[C@@H](COP(=O)(Cl)N3CCOCC3)O2)c(=O)[nH]c1=O. The van der Waals surface area contributed by atoms with Crippen LogP contribution in [0, 0.1) is 6.92 Å². The quantitative estimate of drug-likeness (QED) is 0.739. The summed E-state index contributed by atoms with van der Waals surface area (Å²) in [5.41, 5.74) is -0.483. The predicted molar refractivity (Wildman–Crippen MR) is 95.6 cm³/mol. The molecule has 0 radical (unpaired) electrons. The molecule has 1 aromatic heterocycles. The van der Waals surface area contributed by atoms with E-state index < -0.39 is 24.3 Å². The van der Waals surface area contributed by atoms with Crippen LogP contribution in [0.5, 0.6) is 0 Å². The van der Waals surface area contributed by atoms with Gasteiger partial charge in [0.25, 0.3) is 5.56 Å². The summed E-state index contributed by atoms with van der Waals surface area (Å²) in [6, 6.07) is 0. The van der Waals surface area contributed by atoms with E-state index >= 15 is 0 Å². The van der Waals surface area contributed by atoms with Gasteiger partial charge in [0.15, 0.2) is 0 Å². The van der Waals surface area contributed by atoms with E-state index in [9.17, 15) is 14.2 Å². The molecular formula is C15H23ClN3O6P. The number of H-pyrrole nitrogens is 1. The van der Waals surface area contributed by atoms with Crippen molar-refractivity contribution in [1.29, 1.82) is 0 Å². The van der Waals surface area contributed by atoms with Crippen LogP contribution in [0.1, 0.15) is 31.1 Å². The number of nitrogens with zero attached hydrogens (tertiary/aromatic N) is 2. The smallest absolute Gasteiger partial charge is 0.363 e. The Bertz CT molecular complexity index is 790. The average Bonchev–Trinajstić information content (AvgIpc) is 2.64. The number of morpholine rings is 1. The van der Waals surface area contributed by atoms with E-state index in [4.69, 9.17) is 25.2 Å². The number of hydrogen-bond acceptors (Lipinski definition) is 6. The molecule has 11 heteroatoms. The van der Waals surface area contributed by atoms with Crippen LogP contribution in [-0.4, -0.2) is 53.2 Å². The molecule has 2 aliphatic rings. The van der Waals surface area contributed by atoms with Gasteiger partial charge in [-0.25, -0.2) is 9.46 Å². The lowest BCUT2D eigenvalue weighted by Crippen LogP contribution is -2.38. The Morgan fingerprint density at radius 1 is 1.35 bits per heavy atom. The summed E-state index contributed by atoms with van der Waals surface area (Å²) in [5.74, 6) is 0. The summed E-state index contributed by atoms with van der Waals surface area (Å²) >= 11 is 6.10. The Labute approximate surface area is 155 Å². The summed E-state index contributed by atoms with van der Waals surface area (Å²) < 4.78 is 32.2. The molecule has 0 aromatic carbocycles. The Hall–Kier alpha value is -0.960. The number of ether oxygens (including phenoxy) is 2. The molecule has 0 saturated carbocycles. The summed E-state index contributed by atoms with van der Waals surface area (Å²) in [6.45, 7) is 0.140. The molecule has 9 nitrogen and oxygen atoms in total. The molecule has 2 saturated heterocycles. The number of aromatic nitrogens is 2. The molecule has 0 amide bonds. The molecule has 1 unspecified atom stereocenters. The van der Waals surface area contributed by atoms with Crippen molar-refractivity contribution in [3.8, 4) is 0 Å². The van der Waals surface area contributed by atoms with Gasteiger partial charge in [0, 0.05) is 24.8 Å². The number of hydrogen-bond donors (Lipinski definition) is 1. The molecule has 3 atom stereocenters. The maximum atomic E-state index is 12.6. The van der Waals surface area contributed by atoms with Crippen LogP contribution in [0.25, 0.3) is 0 Å². The Kier molecular flexibility index (Phi) is 6.37. The van der Waals surface area contributed by atoms with Gasteiger partial charge in [0.1, 0.15) is 6.23 Å². The van der Waals surface area contributed by atoms with Gasteiger partial charge in [0.2, 0.25) is 0 Å². The van der Waals surface area contributed by atoms with Gasteiger partial charge in [0.05, 0.1) is 25.9 Å². The van der Waals surface area contributed by atoms with E-state index in [-0.39, 0.29) is 12.7 Å². The van der Waals surface area contributed by atoms with E-state index in [2.05, 4.69) is 4.98 Å². The van der Waals surface area contributed by atoms with E-state index in [1.807, 2.05) is 0 Å². The third-order valence-electron chi connectivity index (χ3n) is 4.53. The number of aromatic amines is 1. The Morgan fingerprint density at radius 2 is 2.08 bits per heavy atom. The van der Waals surface area contributed by atoms with E-state index in [0.717, 1.165) is 6.42 Å². The molecule has 2 aliphatic heterocycles. The lowest BCUT2D eigenvalue weighted by atomic mass is 10.1. The summed E-state index contributed by atoms with van der Waals surface area (Å²) in [7, 11) is 0. The highest BCUT2D eigenvalue weighted by Crippen LogP contribution is 2.56. The molecule has 0 bridgehead atoms. The minimum Gasteiger partial charge on any atom is -0.379 e. The molecule has 146 valence electrons. The average molecular weight is 408 g/mol. The highest BCUT2D eigenvalue weighted by molar-refractivity contribution is 7.83. The lowest BCUT2D eigenvalue weighted by Gasteiger charge is -2.33. The van der Waals surface area contributed by atoms with Crippen LogP contribution < -0.4 is 11.2 Å². The van der Waals surface area contributed by atoms with E-state index in [0.29, 0.717) is 44.7 Å². The van der Waals surface area contributed by atoms with Crippen LogP contribution in [0.3, 0.4) is 0 Å². The first-order chi connectivity index (χ1) is 12.4. The third-order valence-corrected chi connectivity index (χ3v) is 7.01. The fourth-order valence-electron chi connectivity index (χ4n) is 3.06. The van der Waals surface area contributed by atoms with Gasteiger partial charge < -0.3 is 14.0 Å². The zero-order valence-electron chi connectivity index (χ0n) is 14.6. The number of halogens is 1. The van der Waals surface area contributed by atoms with Crippen molar-refractivity contribution < 1.29 is 18.6 Å². The molecule has 1 aromatic rings. The summed E-state index contributed by atoms with van der Waals surface area (Å²) in [5, 5.41) is 0. The first-order valence-electron chi connectivity index (χ1n) is 8.62. The van der Waals surface area contributed by atoms with Crippen molar-refractivity contribution in [3.63, 3.8) is 0 Å². The second-order valence-electron chi connectivity index (χ2n) is 6.44. The molecule has 1 N–H and O–H groups in total. The Balaban J connectivity index is 1.62. The van der Waals surface area contributed by atoms with Crippen LogP contribution in [0.4, 0.5) is 0 Å². The zero-order valence-corrected chi connectivity index (χ0v) is 16.2. The van der Waals surface area contributed by atoms with Crippen molar-refractivity contribution >= 4 is 18.1 Å². The fraction of sp³-hybridized carbons (Fsp3) is 0.733. The molecule has 0 spiro atoms. The standard InChI is InChI=1S/C15H23ClN3O6P/c1-11-9-19(15(21)17-14(11)20)13-4-2-3-12(25-13)10-24-26(16,22)18-5-7-23-8-6-18/h9,12-13H,2-8,10H2,1H3,(H,17,20,21)/t12-,13+,26?/m0/s1. The minimum atomic E-state index is -3.42. The van der Waals surface area contributed by atoms with Crippen LogP contribution in [-0.2, 0) is 18.6 Å². The van der Waals surface area contributed by atoms with Crippen molar-refractivity contribution in [1.82, 2.24) is 14.2 Å². The molecule has 3 heterocycles. The van der Waals surface area contributed by atoms with Gasteiger partial charge in [-0.3, -0.25) is 18.9 Å². The first kappa shape index (κ1) is 19.8. The maximum absolute atomic E-state index is 12.6. The van der Waals surface area contributed by atoms with E-state index in [1.165, 1.54) is 10.8 Å². The number of nitrogens with one attached hydrogen (secondary N) is 1. The van der Waals surface area contributed by atoms with Crippen molar-refractivity contribution in [2.75, 3.05) is 32.9 Å². The van der Waals surface area contributed by atoms with Gasteiger partial charge in [-0.1, -0.05) is 0 Å². The fourth-order valence-corrected chi connectivity index (χ4v) is 4.83. The molecule has 26 heavy (non-hydrogen) atoms. The van der Waals surface area contributed by atoms with Gasteiger partial charge >= 0.3 is 12.6 Å². The van der Waals surface area contributed by atoms with Crippen LogP contribution >= 0.6 is 18.1 Å². The van der Waals surface area contributed by atoms with Crippen LogP contribution in [0.2, 0.25) is 0 Å². The monoisotopic (exact) mass is 407 g/mol. The largest absolute Gasteiger partial charge is 0.379 e. The van der Waals surface area contributed by atoms with Gasteiger partial charge in [-0.2, -0.15) is 0 Å². The van der Waals surface area contributed by atoms with Crippen LogP contribution in [0.15, 0.2) is 15.8 Å². The molecular weight excluding hydrogens is 385 g/mol. The summed E-state index contributed by atoms with van der Waals surface area (Å²) in [4.78, 5) is 25.8. The highest BCUT2D eigenvalue weighted by atomic mass is 35.7. The predicted octanol–water partition coefficient (Wildman–Crippen LogP) is 1.61. The molecule has 0 aliphatic carbocycles. The topological polar surface area (TPSA) is 103 Å². The minimum absolute atomic E-state index is 0.0751. The highest BCUT2D eigenvalue weighted by Gasteiger charge is 2.33. The normalized spacial score (nSPS) is 27.2. The summed E-state index contributed by atoms with van der Waals surface area (Å²) in [6.07, 6.45) is 2.83. The van der Waals surface area contributed by atoms with Gasteiger partial charge in [-0.05, 0) is 37.4 Å². The van der Waals surface area contributed by atoms with Crippen molar-refractivity contribution in [3.05, 3.63) is 32.6 Å². The zero-order chi connectivity index (χ0) is 18.7. The number of aryl methyl sites for hydroxylation is 1. The Morgan fingerprint density at radius 3 is 2.81 bits per heavy atom. The second-order valence-corrected chi connectivity index (χ2v) is 9.44.